The lowest BCUT2D eigenvalue weighted by Crippen LogP contribution is -2.36. The Bertz CT molecular complexity index is 769. The molecule has 1 amide bonds. The summed E-state index contributed by atoms with van der Waals surface area (Å²) in [6.07, 6.45) is 5.21. The molecule has 3 rings (SSSR count). The number of carboxylic acids is 1. The van der Waals surface area contributed by atoms with E-state index in [9.17, 15) is 19.5 Å². The maximum atomic E-state index is 12.9. The van der Waals surface area contributed by atoms with Crippen molar-refractivity contribution in [2.75, 3.05) is 5.32 Å². The van der Waals surface area contributed by atoms with Crippen LogP contribution in [0.2, 0.25) is 0 Å². The molecule has 0 bridgehead atoms. The van der Waals surface area contributed by atoms with E-state index in [0.717, 1.165) is 42.5 Å². The predicted octanol–water partition coefficient (Wildman–Crippen LogP) is 4.27. The van der Waals surface area contributed by atoms with Crippen molar-refractivity contribution in [2.45, 2.75) is 71.8 Å². The molecule has 28 heavy (non-hydrogen) atoms. The van der Waals surface area contributed by atoms with Crippen LogP contribution < -0.4 is 5.32 Å². The molecular formula is C21H29NO5S. The van der Waals surface area contributed by atoms with E-state index in [1.165, 1.54) is 11.3 Å². The van der Waals surface area contributed by atoms with Crippen molar-refractivity contribution in [1.82, 2.24) is 0 Å². The van der Waals surface area contributed by atoms with Gasteiger partial charge < -0.3 is 15.2 Å². The summed E-state index contributed by atoms with van der Waals surface area (Å²) in [4.78, 5) is 38.4. The molecule has 1 heterocycles. The quantitative estimate of drug-likeness (QED) is 0.711. The number of aliphatic carboxylic acids is 1. The van der Waals surface area contributed by atoms with E-state index in [2.05, 4.69) is 12.2 Å². The first-order valence-corrected chi connectivity index (χ1v) is 11.0. The van der Waals surface area contributed by atoms with Crippen molar-refractivity contribution in [1.29, 1.82) is 0 Å². The third-order valence-electron chi connectivity index (χ3n) is 5.72. The summed E-state index contributed by atoms with van der Waals surface area (Å²) >= 11 is 1.44. The number of fused-ring (bicyclic) bond motifs is 1. The molecule has 2 aliphatic carbocycles. The van der Waals surface area contributed by atoms with Gasteiger partial charge in [-0.3, -0.25) is 9.59 Å². The van der Waals surface area contributed by atoms with Crippen LogP contribution in [0, 0.1) is 17.8 Å². The molecule has 1 aromatic heterocycles. The van der Waals surface area contributed by atoms with Crippen molar-refractivity contribution >= 4 is 34.2 Å². The number of esters is 1. The van der Waals surface area contributed by atoms with E-state index in [1.807, 2.05) is 0 Å². The van der Waals surface area contributed by atoms with Crippen LogP contribution in [0.5, 0.6) is 0 Å². The lowest BCUT2D eigenvalue weighted by molar-refractivity contribution is -0.147. The normalized spacial score (nSPS) is 24.5. The molecule has 0 unspecified atom stereocenters. The topological polar surface area (TPSA) is 92.7 Å². The van der Waals surface area contributed by atoms with Gasteiger partial charge in [0.1, 0.15) is 5.00 Å². The van der Waals surface area contributed by atoms with Crippen LogP contribution >= 0.6 is 11.3 Å². The largest absolute Gasteiger partial charge is 0.481 e. The van der Waals surface area contributed by atoms with Gasteiger partial charge >= 0.3 is 11.9 Å². The average molecular weight is 408 g/mol. The SMILES string of the molecule is CC(C)OC(=O)c1c(NC(=O)[C@@H]2CCCC[C@@H]2C(=O)O)sc2c1CC[C@@H](C)C2. The monoisotopic (exact) mass is 407 g/mol. The minimum absolute atomic E-state index is 0.246. The summed E-state index contributed by atoms with van der Waals surface area (Å²) in [7, 11) is 0. The van der Waals surface area contributed by atoms with E-state index in [-0.39, 0.29) is 12.0 Å². The Balaban J connectivity index is 1.89. The molecule has 1 fully saturated rings. The number of hydrogen-bond donors (Lipinski definition) is 2. The number of carboxylic acid groups (broad SMARTS) is 1. The fraction of sp³-hybridized carbons (Fsp3) is 0.667. The van der Waals surface area contributed by atoms with E-state index in [1.54, 1.807) is 13.8 Å². The standard InChI is InChI=1S/C21H29NO5S/c1-11(2)27-21(26)17-15-9-8-12(3)10-16(15)28-19(17)22-18(23)13-6-4-5-7-14(13)20(24)25/h11-14H,4-10H2,1-3H3,(H,22,23)(H,24,25)/t12-,13-,14+/m1/s1. The van der Waals surface area contributed by atoms with Crippen molar-refractivity contribution in [3.8, 4) is 0 Å². The Morgan fingerprint density at radius 3 is 2.46 bits per heavy atom. The van der Waals surface area contributed by atoms with Crippen molar-refractivity contribution in [3.05, 3.63) is 16.0 Å². The molecule has 6 nitrogen and oxygen atoms in total. The Morgan fingerprint density at radius 1 is 1.14 bits per heavy atom. The smallest absolute Gasteiger partial charge is 0.341 e. The molecule has 154 valence electrons. The first-order valence-electron chi connectivity index (χ1n) is 10.2. The molecule has 2 N–H and O–H groups in total. The van der Waals surface area contributed by atoms with Gasteiger partial charge in [-0.1, -0.05) is 19.8 Å². The Hall–Kier alpha value is -1.89. The van der Waals surface area contributed by atoms with Gasteiger partial charge in [-0.25, -0.2) is 4.79 Å². The average Bonchev–Trinajstić information content (AvgIpc) is 2.97. The summed E-state index contributed by atoms with van der Waals surface area (Å²) in [5.41, 5.74) is 1.46. The number of ether oxygens (including phenoxy) is 1. The Kier molecular flexibility index (Phi) is 6.43. The van der Waals surface area contributed by atoms with Crippen LogP contribution in [-0.4, -0.2) is 29.1 Å². The highest BCUT2D eigenvalue weighted by Crippen LogP contribution is 2.41. The number of amides is 1. The summed E-state index contributed by atoms with van der Waals surface area (Å²) in [6.45, 7) is 5.79. The number of anilines is 1. The van der Waals surface area contributed by atoms with Crippen LogP contribution in [0.25, 0.3) is 0 Å². The van der Waals surface area contributed by atoms with E-state index in [4.69, 9.17) is 4.74 Å². The maximum Gasteiger partial charge on any atom is 0.341 e. The van der Waals surface area contributed by atoms with Gasteiger partial charge in [0.2, 0.25) is 5.91 Å². The molecular weight excluding hydrogens is 378 g/mol. The van der Waals surface area contributed by atoms with E-state index in [0.29, 0.717) is 29.3 Å². The molecule has 3 atom stereocenters. The van der Waals surface area contributed by atoms with E-state index < -0.39 is 23.8 Å². The summed E-state index contributed by atoms with van der Waals surface area (Å²) in [6, 6.07) is 0. The summed E-state index contributed by atoms with van der Waals surface area (Å²) < 4.78 is 5.44. The second-order valence-corrected chi connectivity index (χ2v) is 9.44. The molecule has 0 aliphatic heterocycles. The molecule has 0 radical (unpaired) electrons. The van der Waals surface area contributed by atoms with Crippen molar-refractivity contribution in [2.24, 2.45) is 17.8 Å². The van der Waals surface area contributed by atoms with Crippen molar-refractivity contribution in [3.63, 3.8) is 0 Å². The molecule has 0 spiro atoms. The van der Waals surface area contributed by atoms with Crippen LogP contribution in [0.1, 0.15) is 73.7 Å². The highest BCUT2D eigenvalue weighted by molar-refractivity contribution is 7.17. The first kappa shape index (κ1) is 20.8. The van der Waals surface area contributed by atoms with Gasteiger partial charge in [0.05, 0.1) is 23.5 Å². The zero-order valence-electron chi connectivity index (χ0n) is 16.7. The molecule has 7 heteroatoms. The third kappa shape index (κ3) is 4.40. The van der Waals surface area contributed by atoms with Gasteiger partial charge in [0.15, 0.2) is 0 Å². The highest BCUT2D eigenvalue weighted by Gasteiger charge is 2.37. The zero-order chi connectivity index (χ0) is 20.4. The molecule has 0 saturated heterocycles. The second kappa shape index (κ2) is 8.64. The van der Waals surface area contributed by atoms with Gasteiger partial charge in [-0.2, -0.15) is 0 Å². The minimum Gasteiger partial charge on any atom is -0.481 e. The number of carbonyl (C=O) groups is 3. The van der Waals surface area contributed by atoms with Gasteiger partial charge in [-0.05, 0) is 57.4 Å². The lowest BCUT2D eigenvalue weighted by atomic mass is 9.78. The molecule has 2 aliphatic rings. The van der Waals surface area contributed by atoms with E-state index >= 15 is 0 Å². The zero-order valence-corrected chi connectivity index (χ0v) is 17.6. The fourth-order valence-corrected chi connectivity index (χ4v) is 5.67. The van der Waals surface area contributed by atoms with Crippen molar-refractivity contribution < 1.29 is 24.2 Å². The van der Waals surface area contributed by atoms with Crippen LogP contribution in [0.15, 0.2) is 0 Å². The predicted molar refractivity (Wildman–Crippen MR) is 108 cm³/mol. The molecule has 1 saturated carbocycles. The number of thiophene rings is 1. The Morgan fingerprint density at radius 2 is 1.82 bits per heavy atom. The van der Waals surface area contributed by atoms with Crippen LogP contribution in [0.3, 0.4) is 0 Å². The second-order valence-electron chi connectivity index (χ2n) is 8.33. The fourth-order valence-electron chi connectivity index (χ4n) is 4.27. The Labute approximate surface area is 169 Å². The first-order chi connectivity index (χ1) is 13.3. The number of nitrogens with one attached hydrogen (secondary N) is 1. The molecule has 0 aromatic carbocycles. The third-order valence-corrected chi connectivity index (χ3v) is 6.88. The summed E-state index contributed by atoms with van der Waals surface area (Å²) in [5.74, 6) is -2.29. The lowest BCUT2D eigenvalue weighted by Gasteiger charge is -2.27. The van der Waals surface area contributed by atoms with Gasteiger partial charge in [0.25, 0.3) is 0 Å². The van der Waals surface area contributed by atoms with Crippen LogP contribution in [-0.2, 0) is 27.2 Å². The number of carbonyl (C=O) groups excluding carboxylic acids is 2. The highest BCUT2D eigenvalue weighted by atomic mass is 32.1. The van der Waals surface area contributed by atoms with Gasteiger partial charge in [0, 0.05) is 4.88 Å². The minimum atomic E-state index is -0.918. The summed E-state index contributed by atoms with van der Waals surface area (Å²) in [5, 5.41) is 12.9. The maximum absolute atomic E-state index is 12.9. The number of rotatable bonds is 5. The van der Waals surface area contributed by atoms with Gasteiger partial charge in [-0.15, -0.1) is 11.3 Å². The molecule has 1 aromatic rings. The van der Waals surface area contributed by atoms with Crippen LogP contribution in [0.4, 0.5) is 5.00 Å². The number of hydrogen-bond acceptors (Lipinski definition) is 5.